The predicted molar refractivity (Wildman–Crippen MR) is 102 cm³/mol. The predicted octanol–water partition coefficient (Wildman–Crippen LogP) is 2.11. The van der Waals surface area contributed by atoms with Crippen LogP contribution in [0, 0.1) is 0 Å². The summed E-state index contributed by atoms with van der Waals surface area (Å²) in [4.78, 5) is 45.4. The highest BCUT2D eigenvalue weighted by Gasteiger charge is 2.25. The molecule has 0 bridgehead atoms. The number of hydrogen-bond donors (Lipinski definition) is 2. The summed E-state index contributed by atoms with van der Waals surface area (Å²) < 4.78 is 0. The highest BCUT2D eigenvalue weighted by Crippen LogP contribution is 2.16. The number of rotatable bonds is 2. The van der Waals surface area contributed by atoms with Crippen molar-refractivity contribution < 1.29 is 9.59 Å². The van der Waals surface area contributed by atoms with E-state index in [2.05, 4.69) is 9.97 Å². The molecule has 1 aliphatic heterocycles. The first-order valence-corrected chi connectivity index (χ1v) is 8.95. The quantitative estimate of drug-likeness (QED) is 0.709. The van der Waals surface area contributed by atoms with E-state index >= 15 is 0 Å². The maximum atomic E-state index is 12.7. The molecule has 4 rings (SSSR count). The molecule has 1 aliphatic rings. The minimum absolute atomic E-state index is 0.0871. The van der Waals surface area contributed by atoms with Crippen molar-refractivity contribution in [1.82, 2.24) is 19.8 Å². The smallest absolute Gasteiger partial charge is 0.323 e. The molecule has 2 aromatic carbocycles. The molecule has 138 valence electrons. The molecule has 0 radical (unpaired) electrons. The van der Waals surface area contributed by atoms with Gasteiger partial charge in [-0.1, -0.05) is 17.7 Å². The standard InChI is InChI=1S/C19H17ClN4O3/c20-14-3-1-2-12(10-14)17(25)23-6-8-24(9-7-23)18(26)13-4-5-15-16(11-13)22-19(27)21-15/h1-5,10-11H,6-9H2,(H2,21,22,27). The number of halogens is 1. The van der Waals surface area contributed by atoms with E-state index in [1.807, 2.05) is 0 Å². The maximum Gasteiger partial charge on any atom is 0.323 e. The molecule has 0 aliphatic carbocycles. The van der Waals surface area contributed by atoms with Crippen molar-refractivity contribution in [3.05, 3.63) is 69.1 Å². The second kappa shape index (κ2) is 6.92. The number of imidazole rings is 1. The Morgan fingerprint density at radius 1 is 0.815 bits per heavy atom. The fourth-order valence-corrected chi connectivity index (χ4v) is 3.46. The summed E-state index contributed by atoms with van der Waals surface area (Å²) in [5.74, 6) is -0.204. The Balaban J connectivity index is 1.44. The highest BCUT2D eigenvalue weighted by atomic mass is 35.5. The van der Waals surface area contributed by atoms with E-state index in [0.29, 0.717) is 53.4 Å². The summed E-state index contributed by atoms with van der Waals surface area (Å²) in [6.07, 6.45) is 0. The SMILES string of the molecule is O=C(c1cccc(Cl)c1)N1CCN(C(=O)c2ccc3[nH]c(=O)[nH]c3c2)CC1. The van der Waals surface area contributed by atoms with Crippen LogP contribution in [-0.2, 0) is 0 Å². The molecule has 0 atom stereocenters. The highest BCUT2D eigenvalue weighted by molar-refractivity contribution is 6.30. The van der Waals surface area contributed by atoms with Gasteiger partial charge in [0.15, 0.2) is 0 Å². The van der Waals surface area contributed by atoms with Gasteiger partial charge in [-0.2, -0.15) is 0 Å². The molecule has 0 spiro atoms. The van der Waals surface area contributed by atoms with E-state index in [9.17, 15) is 14.4 Å². The lowest BCUT2D eigenvalue weighted by molar-refractivity contribution is 0.0535. The van der Waals surface area contributed by atoms with Crippen LogP contribution < -0.4 is 5.69 Å². The number of H-pyrrole nitrogens is 2. The zero-order valence-electron chi connectivity index (χ0n) is 14.4. The molecule has 1 fully saturated rings. The Morgan fingerprint density at radius 2 is 1.41 bits per heavy atom. The van der Waals surface area contributed by atoms with Crippen LogP contribution in [0.1, 0.15) is 20.7 Å². The monoisotopic (exact) mass is 384 g/mol. The van der Waals surface area contributed by atoms with Crippen molar-refractivity contribution in [2.75, 3.05) is 26.2 Å². The number of piperazine rings is 1. The molecule has 1 saturated heterocycles. The number of fused-ring (bicyclic) bond motifs is 1. The lowest BCUT2D eigenvalue weighted by Gasteiger charge is -2.35. The second-order valence-corrected chi connectivity index (χ2v) is 6.87. The molecule has 0 unspecified atom stereocenters. The third kappa shape index (κ3) is 3.46. The first-order chi connectivity index (χ1) is 13.0. The molecule has 3 aromatic rings. The van der Waals surface area contributed by atoms with Crippen LogP contribution in [0.25, 0.3) is 11.0 Å². The largest absolute Gasteiger partial charge is 0.335 e. The van der Waals surface area contributed by atoms with Gasteiger partial charge in [0.2, 0.25) is 0 Å². The lowest BCUT2D eigenvalue weighted by Crippen LogP contribution is -2.50. The Kier molecular flexibility index (Phi) is 4.45. The van der Waals surface area contributed by atoms with Crippen molar-refractivity contribution in [1.29, 1.82) is 0 Å². The Hall–Kier alpha value is -3.06. The Morgan fingerprint density at radius 3 is 2.04 bits per heavy atom. The summed E-state index contributed by atoms with van der Waals surface area (Å²) >= 11 is 5.96. The zero-order valence-corrected chi connectivity index (χ0v) is 15.1. The van der Waals surface area contributed by atoms with E-state index in [4.69, 9.17) is 11.6 Å². The first-order valence-electron chi connectivity index (χ1n) is 8.57. The number of nitrogens with zero attached hydrogens (tertiary/aromatic N) is 2. The Labute approximate surface area is 159 Å². The minimum Gasteiger partial charge on any atom is -0.335 e. The van der Waals surface area contributed by atoms with Gasteiger partial charge in [0.1, 0.15) is 0 Å². The van der Waals surface area contributed by atoms with Gasteiger partial charge in [-0.15, -0.1) is 0 Å². The van der Waals surface area contributed by atoms with Crippen LogP contribution in [0.3, 0.4) is 0 Å². The average Bonchev–Trinajstić information content (AvgIpc) is 3.06. The molecular formula is C19H17ClN4O3. The Bertz CT molecular complexity index is 1080. The molecule has 2 heterocycles. The van der Waals surface area contributed by atoms with Crippen molar-refractivity contribution in [2.45, 2.75) is 0 Å². The van der Waals surface area contributed by atoms with E-state index in [1.54, 1.807) is 52.3 Å². The van der Waals surface area contributed by atoms with E-state index in [0.717, 1.165) is 0 Å². The number of hydrogen-bond acceptors (Lipinski definition) is 3. The topological polar surface area (TPSA) is 89.3 Å². The summed E-state index contributed by atoms with van der Waals surface area (Å²) in [6, 6.07) is 11.9. The number of aromatic amines is 2. The van der Waals surface area contributed by atoms with Gasteiger partial charge in [0, 0.05) is 42.3 Å². The average molecular weight is 385 g/mol. The van der Waals surface area contributed by atoms with Gasteiger partial charge in [-0.3, -0.25) is 9.59 Å². The number of benzene rings is 2. The van der Waals surface area contributed by atoms with Gasteiger partial charge in [0.25, 0.3) is 11.8 Å². The van der Waals surface area contributed by atoms with Crippen LogP contribution in [0.5, 0.6) is 0 Å². The molecule has 8 heteroatoms. The van der Waals surface area contributed by atoms with Crippen molar-refractivity contribution in [3.8, 4) is 0 Å². The second-order valence-electron chi connectivity index (χ2n) is 6.43. The summed E-state index contributed by atoms with van der Waals surface area (Å²) in [6.45, 7) is 1.82. The number of amides is 2. The number of nitrogens with one attached hydrogen (secondary N) is 2. The van der Waals surface area contributed by atoms with Crippen molar-refractivity contribution in [2.24, 2.45) is 0 Å². The number of aromatic nitrogens is 2. The number of carbonyl (C=O) groups is 2. The molecule has 0 saturated carbocycles. The number of carbonyl (C=O) groups excluding carboxylic acids is 2. The van der Waals surface area contributed by atoms with Crippen molar-refractivity contribution in [3.63, 3.8) is 0 Å². The third-order valence-electron chi connectivity index (χ3n) is 4.69. The van der Waals surface area contributed by atoms with Crippen LogP contribution in [0.2, 0.25) is 5.02 Å². The molecule has 1 aromatic heterocycles. The molecule has 2 amide bonds. The molecule has 7 nitrogen and oxygen atoms in total. The van der Waals surface area contributed by atoms with Gasteiger partial charge in [-0.05, 0) is 36.4 Å². The minimum atomic E-state index is -0.303. The third-order valence-corrected chi connectivity index (χ3v) is 4.92. The summed E-state index contributed by atoms with van der Waals surface area (Å²) in [5, 5.41) is 0.521. The van der Waals surface area contributed by atoms with Gasteiger partial charge >= 0.3 is 5.69 Å². The van der Waals surface area contributed by atoms with Crippen molar-refractivity contribution >= 4 is 34.4 Å². The lowest BCUT2D eigenvalue weighted by atomic mass is 10.1. The first kappa shape index (κ1) is 17.4. The van der Waals surface area contributed by atoms with E-state index < -0.39 is 0 Å². The molecular weight excluding hydrogens is 368 g/mol. The fourth-order valence-electron chi connectivity index (χ4n) is 3.26. The molecule has 27 heavy (non-hydrogen) atoms. The van der Waals surface area contributed by atoms with Crippen LogP contribution in [0.4, 0.5) is 0 Å². The van der Waals surface area contributed by atoms with Gasteiger partial charge in [0.05, 0.1) is 11.0 Å². The van der Waals surface area contributed by atoms with Crippen LogP contribution in [0.15, 0.2) is 47.3 Å². The molecule has 2 N–H and O–H groups in total. The van der Waals surface area contributed by atoms with E-state index in [-0.39, 0.29) is 17.5 Å². The summed E-state index contributed by atoms with van der Waals surface area (Å²) in [7, 11) is 0. The van der Waals surface area contributed by atoms with Gasteiger partial charge in [-0.25, -0.2) is 4.79 Å². The van der Waals surface area contributed by atoms with Gasteiger partial charge < -0.3 is 19.8 Å². The van der Waals surface area contributed by atoms with Crippen LogP contribution in [-0.4, -0.2) is 57.8 Å². The van der Waals surface area contributed by atoms with Crippen LogP contribution >= 0.6 is 11.6 Å². The fraction of sp³-hybridized carbons (Fsp3) is 0.211. The normalized spacial score (nSPS) is 14.6. The van der Waals surface area contributed by atoms with E-state index in [1.165, 1.54) is 0 Å². The summed E-state index contributed by atoms with van der Waals surface area (Å²) in [5.41, 5.74) is 2.01. The maximum absolute atomic E-state index is 12.7. The zero-order chi connectivity index (χ0) is 19.0.